The monoisotopic (exact) mass is 346 g/mol. The second-order valence-electron chi connectivity index (χ2n) is 6.21. The summed E-state index contributed by atoms with van der Waals surface area (Å²) < 4.78 is 43.9. The van der Waals surface area contributed by atoms with Crippen molar-refractivity contribution in [1.29, 1.82) is 0 Å². The van der Waals surface area contributed by atoms with Crippen molar-refractivity contribution in [3.8, 4) is 0 Å². The van der Waals surface area contributed by atoms with Crippen LogP contribution in [0.5, 0.6) is 0 Å². The molecule has 0 fully saturated rings. The summed E-state index contributed by atoms with van der Waals surface area (Å²) in [4.78, 5) is 0. The van der Waals surface area contributed by atoms with E-state index in [0.717, 1.165) is 18.9 Å². The number of hydrogen-bond acceptors (Lipinski definition) is 3. The van der Waals surface area contributed by atoms with Gasteiger partial charge < -0.3 is 13.3 Å². The van der Waals surface area contributed by atoms with Crippen LogP contribution >= 0.6 is 0 Å². The quantitative estimate of drug-likeness (QED) is 0.453. The Balaban J connectivity index is 2.57. The zero-order chi connectivity index (χ0) is 17.5. The van der Waals surface area contributed by atoms with Crippen LogP contribution in [-0.2, 0) is 19.7 Å². The van der Waals surface area contributed by atoms with Crippen molar-refractivity contribution in [2.75, 3.05) is 7.11 Å². The second-order valence-corrected chi connectivity index (χ2v) is 8.95. The molecule has 0 atom stereocenters. The lowest BCUT2D eigenvalue weighted by Gasteiger charge is -2.31. The van der Waals surface area contributed by atoms with Crippen LogP contribution in [0.2, 0.25) is 6.04 Å². The molecule has 0 unspecified atom stereocenters. The minimum Gasteiger partial charge on any atom is -0.377 e. The molecule has 0 radical (unpaired) electrons. The van der Waals surface area contributed by atoms with Gasteiger partial charge in [-0.3, -0.25) is 0 Å². The Morgan fingerprint density at radius 3 is 1.87 bits per heavy atom. The van der Waals surface area contributed by atoms with Crippen LogP contribution in [0.15, 0.2) is 18.2 Å². The van der Waals surface area contributed by atoms with Gasteiger partial charge in [-0.05, 0) is 64.7 Å². The van der Waals surface area contributed by atoms with Gasteiger partial charge in [0.25, 0.3) is 0 Å². The summed E-state index contributed by atoms with van der Waals surface area (Å²) in [6.45, 7) is 7.83. The molecule has 1 rings (SSSR count). The molecule has 0 heterocycles. The third kappa shape index (κ3) is 7.52. The van der Waals surface area contributed by atoms with Crippen molar-refractivity contribution in [1.82, 2.24) is 0 Å². The van der Waals surface area contributed by atoms with Crippen LogP contribution in [0.4, 0.5) is 8.78 Å². The first-order valence-corrected chi connectivity index (χ1v) is 10.1. The number of benzene rings is 1. The molecule has 0 saturated carbocycles. The molecule has 6 heteroatoms. The van der Waals surface area contributed by atoms with Crippen LogP contribution in [-0.4, -0.2) is 28.1 Å². The number of halogens is 2. The zero-order valence-electron chi connectivity index (χ0n) is 14.7. The molecule has 0 bridgehead atoms. The highest BCUT2D eigenvalue weighted by Gasteiger charge is 2.41. The van der Waals surface area contributed by atoms with E-state index in [9.17, 15) is 8.78 Å². The summed E-state index contributed by atoms with van der Waals surface area (Å²) >= 11 is 0. The van der Waals surface area contributed by atoms with E-state index in [1.54, 1.807) is 7.11 Å². The van der Waals surface area contributed by atoms with Crippen LogP contribution in [0.25, 0.3) is 0 Å². The molecule has 3 nitrogen and oxygen atoms in total. The van der Waals surface area contributed by atoms with E-state index >= 15 is 0 Å². The minimum absolute atomic E-state index is 0.0256. The first-order valence-electron chi connectivity index (χ1n) is 8.12. The molecule has 0 aliphatic heterocycles. The van der Waals surface area contributed by atoms with E-state index in [1.807, 2.05) is 27.7 Å². The zero-order valence-corrected chi connectivity index (χ0v) is 15.7. The standard InChI is InChI=1S/C17H28F2O3Si/c1-13(2)21-23(20-5,22-14(3)4)9-7-6-8-15-10-16(18)12-17(19)11-15/h10-14H,6-9H2,1-5H3. The predicted molar refractivity (Wildman–Crippen MR) is 89.3 cm³/mol. The molecule has 0 aromatic heterocycles. The SMILES string of the molecule is CO[Si](CCCCc1cc(F)cc(F)c1)(OC(C)C)OC(C)C. The fourth-order valence-corrected chi connectivity index (χ4v) is 5.30. The molecule has 0 aliphatic rings. The lowest BCUT2D eigenvalue weighted by molar-refractivity contribution is 0.0323. The van der Waals surface area contributed by atoms with Crippen LogP contribution in [0, 0.1) is 11.6 Å². The Kier molecular flexibility index (Phi) is 8.32. The van der Waals surface area contributed by atoms with Crippen LogP contribution in [0.3, 0.4) is 0 Å². The van der Waals surface area contributed by atoms with E-state index in [4.69, 9.17) is 13.3 Å². The molecule has 0 spiro atoms. The molecule has 0 N–H and O–H groups in total. The molecule has 0 aliphatic carbocycles. The van der Waals surface area contributed by atoms with Gasteiger partial charge in [-0.15, -0.1) is 0 Å². The van der Waals surface area contributed by atoms with Gasteiger partial charge in [0.2, 0.25) is 0 Å². The smallest absolute Gasteiger partial charge is 0.377 e. The molecule has 23 heavy (non-hydrogen) atoms. The first-order chi connectivity index (χ1) is 10.8. The van der Waals surface area contributed by atoms with Gasteiger partial charge in [0, 0.05) is 31.4 Å². The van der Waals surface area contributed by atoms with Crippen molar-refractivity contribution >= 4 is 8.80 Å². The number of hydrogen-bond donors (Lipinski definition) is 0. The second kappa shape index (κ2) is 9.47. The van der Waals surface area contributed by atoms with Crippen molar-refractivity contribution < 1.29 is 22.1 Å². The molecule has 0 amide bonds. The fourth-order valence-electron chi connectivity index (χ4n) is 2.49. The Morgan fingerprint density at radius 2 is 1.43 bits per heavy atom. The highest BCUT2D eigenvalue weighted by Crippen LogP contribution is 2.23. The van der Waals surface area contributed by atoms with Gasteiger partial charge in [0.1, 0.15) is 11.6 Å². The van der Waals surface area contributed by atoms with Gasteiger partial charge in [0.05, 0.1) is 0 Å². The Hall–Kier alpha value is -0.823. The van der Waals surface area contributed by atoms with E-state index < -0.39 is 20.4 Å². The predicted octanol–water partition coefficient (Wildman–Crippen LogP) is 4.72. The maximum atomic E-state index is 13.2. The van der Waals surface area contributed by atoms with E-state index in [1.165, 1.54) is 12.1 Å². The molecule has 1 aromatic carbocycles. The lowest BCUT2D eigenvalue weighted by Crippen LogP contribution is -2.48. The number of unbranched alkanes of at least 4 members (excludes halogenated alkanes) is 1. The van der Waals surface area contributed by atoms with E-state index in [0.29, 0.717) is 18.0 Å². The van der Waals surface area contributed by atoms with E-state index in [2.05, 4.69) is 0 Å². The number of rotatable bonds is 10. The van der Waals surface area contributed by atoms with Crippen molar-refractivity contribution in [3.63, 3.8) is 0 Å². The van der Waals surface area contributed by atoms with Crippen molar-refractivity contribution in [2.45, 2.75) is 65.2 Å². The molecule has 1 aromatic rings. The topological polar surface area (TPSA) is 27.7 Å². The third-order valence-corrected chi connectivity index (χ3v) is 6.51. The van der Waals surface area contributed by atoms with Crippen molar-refractivity contribution in [3.05, 3.63) is 35.4 Å². The van der Waals surface area contributed by atoms with Crippen molar-refractivity contribution in [2.24, 2.45) is 0 Å². The normalized spacial score (nSPS) is 12.4. The highest BCUT2D eigenvalue weighted by molar-refractivity contribution is 6.60. The highest BCUT2D eigenvalue weighted by atomic mass is 28.4. The Bertz CT molecular complexity index is 451. The third-order valence-electron chi connectivity index (χ3n) is 3.26. The van der Waals surface area contributed by atoms with Crippen LogP contribution < -0.4 is 0 Å². The van der Waals surface area contributed by atoms with Gasteiger partial charge in [0.15, 0.2) is 0 Å². The first kappa shape index (κ1) is 20.2. The summed E-state index contributed by atoms with van der Waals surface area (Å²) in [5.74, 6) is -1.07. The molecule has 132 valence electrons. The summed E-state index contributed by atoms with van der Waals surface area (Å²) in [6.07, 6.45) is 2.28. The number of aryl methyl sites for hydroxylation is 1. The summed E-state index contributed by atoms with van der Waals surface area (Å²) in [7, 11) is -1.08. The van der Waals surface area contributed by atoms with Gasteiger partial charge in [-0.2, -0.15) is 0 Å². The average molecular weight is 346 g/mol. The fraction of sp³-hybridized carbons (Fsp3) is 0.647. The summed E-state index contributed by atoms with van der Waals surface area (Å²) in [5.41, 5.74) is 0.668. The lowest BCUT2D eigenvalue weighted by atomic mass is 10.1. The van der Waals surface area contributed by atoms with Gasteiger partial charge in [-0.25, -0.2) is 8.78 Å². The Labute approximate surface area is 139 Å². The van der Waals surface area contributed by atoms with Gasteiger partial charge in [-0.1, -0.05) is 0 Å². The summed E-state index contributed by atoms with van der Waals surface area (Å²) in [5, 5.41) is 0. The molecular formula is C17H28F2O3Si. The minimum atomic E-state index is -2.70. The van der Waals surface area contributed by atoms with E-state index in [-0.39, 0.29) is 12.2 Å². The average Bonchev–Trinajstić information content (AvgIpc) is 2.41. The maximum Gasteiger partial charge on any atom is 0.501 e. The molecular weight excluding hydrogens is 318 g/mol. The summed E-state index contributed by atoms with van der Waals surface area (Å²) in [6, 6.07) is 4.33. The Morgan fingerprint density at radius 1 is 0.913 bits per heavy atom. The van der Waals surface area contributed by atoms with Gasteiger partial charge >= 0.3 is 8.80 Å². The maximum absolute atomic E-state index is 13.2. The molecule has 0 saturated heterocycles. The largest absolute Gasteiger partial charge is 0.501 e. The van der Waals surface area contributed by atoms with Crippen LogP contribution in [0.1, 0.15) is 46.1 Å².